The summed E-state index contributed by atoms with van der Waals surface area (Å²) in [6.07, 6.45) is 0.946. The van der Waals surface area contributed by atoms with Crippen molar-refractivity contribution in [1.82, 2.24) is 0 Å². The molecule has 1 aliphatic heterocycles. The molecule has 0 saturated carbocycles. The Morgan fingerprint density at radius 1 is 1.13 bits per heavy atom. The first kappa shape index (κ1) is 16.0. The summed E-state index contributed by atoms with van der Waals surface area (Å²) in [7, 11) is -1.98. The van der Waals surface area contributed by atoms with Crippen molar-refractivity contribution < 1.29 is 13.2 Å². The lowest BCUT2D eigenvalue weighted by atomic mass is 10.0. The van der Waals surface area contributed by atoms with Crippen LogP contribution < -0.4 is 9.62 Å². The first-order valence-corrected chi connectivity index (χ1v) is 9.33. The fourth-order valence-electron chi connectivity index (χ4n) is 2.55. The van der Waals surface area contributed by atoms with E-state index in [1.807, 2.05) is 6.07 Å². The van der Waals surface area contributed by atoms with Crippen LogP contribution in [-0.4, -0.2) is 21.4 Å². The third-order valence-electron chi connectivity index (χ3n) is 3.82. The zero-order valence-electron chi connectivity index (χ0n) is 12.4. The van der Waals surface area contributed by atoms with Crippen molar-refractivity contribution >= 4 is 43.2 Å². The summed E-state index contributed by atoms with van der Waals surface area (Å²) in [5.74, 6) is 0.0412. The van der Waals surface area contributed by atoms with Crippen LogP contribution in [0.3, 0.4) is 0 Å². The number of nitrogens with one attached hydrogen (secondary N) is 1. The van der Waals surface area contributed by atoms with Gasteiger partial charge >= 0.3 is 0 Å². The van der Waals surface area contributed by atoms with Gasteiger partial charge < -0.3 is 4.90 Å². The Morgan fingerprint density at radius 3 is 2.61 bits per heavy atom. The lowest BCUT2D eigenvalue weighted by molar-refractivity contribution is -0.118. The van der Waals surface area contributed by atoms with E-state index >= 15 is 0 Å². The van der Waals surface area contributed by atoms with Crippen molar-refractivity contribution in [3.05, 3.63) is 52.5 Å². The van der Waals surface area contributed by atoms with Gasteiger partial charge in [0.05, 0.1) is 10.6 Å². The topological polar surface area (TPSA) is 66.5 Å². The molecule has 0 saturated heterocycles. The maximum absolute atomic E-state index is 12.6. The molecule has 0 spiro atoms. The summed E-state index contributed by atoms with van der Waals surface area (Å²) in [5.41, 5.74) is 2.11. The zero-order valence-corrected chi connectivity index (χ0v) is 14.8. The number of anilines is 2. The van der Waals surface area contributed by atoms with E-state index in [4.69, 9.17) is 0 Å². The summed E-state index contributed by atoms with van der Waals surface area (Å²) >= 11 is 3.32. The van der Waals surface area contributed by atoms with Crippen LogP contribution in [0.5, 0.6) is 0 Å². The number of hydrogen-bond donors (Lipinski definition) is 1. The van der Waals surface area contributed by atoms with Gasteiger partial charge in [-0.1, -0.05) is 12.1 Å². The lowest BCUT2D eigenvalue weighted by Crippen LogP contribution is -2.31. The van der Waals surface area contributed by atoms with E-state index < -0.39 is 10.0 Å². The van der Waals surface area contributed by atoms with Crippen molar-refractivity contribution in [3.63, 3.8) is 0 Å². The molecule has 5 nitrogen and oxygen atoms in total. The standard InChI is InChI=1S/C16H15BrN2O3S/c1-19-15-8-7-12(10-11(15)6-9-16(19)20)23(21,22)18-14-5-3-2-4-13(14)17/h2-5,7-8,10,18H,6,9H2,1H3. The number of fused-ring (bicyclic) bond motifs is 1. The number of aryl methyl sites for hydroxylation is 1. The highest BCUT2D eigenvalue weighted by atomic mass is 79.9. The van der Waals surface area contributed by atoms with Crippen molar-refractivity contribution in [1.29, 1.82) is 0 Å². The van der Waals surface area contributed by atoms with Crippen molar-refractivity contribution in [3.8, 4) is 0 Å². The van der Waals surface area contributed by atoms with Crippen molar-refractivity contribution in [2.24, 2.45) is 0 Å². The number of para-hydroxylation sites is 1. The Balaban J connectivity index is 1.95. The largest absolute Gasteiger partial charge is 0.315 e. The monoisotopic (exact) mass is 394 g/mol. The van der Waals surface area contributed by atoms with Crippen LogP contribution in [0.15, 0.2) is 51.8 Å². The van der Waals surface area contributed by atoms with E-state index in [1.165, 1.54) is 6.07 Å². The molecule has 2 aromatic carbocycles. The summed E-state index contributed by atoms with van der Waals surface area (Å²) in [5, 5.41) is 0. The first-order valence-electron chi connectivity index (χ1n) is 7.05. The second kappa shape index (κ2) is 5.98. The Kier molecular flexibility index (Phi) is 4.16. The third kappa shape index (κ3) is 3.11. The molecule has 1 heterocycles. The minimum Gasteiger partial charge on any atom is -0.315 e. The molecule has 2 aromatic rings. The summed E-state index contributed by atoms with van der Waals surface area (Å²) in [6.45, 7) is 0. The van der Waals surface area contributed by atoms with Gasteiger partial charge in [0.15, 0.2) is 0 Å². The lowest BCUT2D eigenvalue weighted by Gasteiger charge is -2.26. The summed E-state index contributed by atoms with van der Waals surface area (Å²) in [4.78, 5) is 13.5. The average Bonchev–Trinajstić information content (AvgIpc) is 2.53. The normalized spacial score (nSPS) is 14.5. The molecule has 0 fully saturated rings. The van der Waals surface area contributed by atoms with Crippen LogP contribution in [0.4, 0.5) is 11.4 Å². The van der Waals surface area contributed by atoms with Gasteiger partial charge in [-0.2, -0.15) is 0 Å². The van der Waals surface area contributed by atoms with Crippen LogP contribution in [-0.2, 0) is 21.2 Å². The Bertz CT molecular complexity index is 881. The van der Waals surface area contributed by atoms with Crippen LogP contribution in [0.2, 0.25) is 0 Å². The van der Waals surface area contributed by atoms with Crippen LogP contribution in [0, 0.1) is 0 Å². The molecule has 1 aliphatic rings. The van der Waals surface area contributed by atoms with E-state index in [0.717, 1.165) is 11.3 Å². The van der Waals surface area contributed by atoms with E-state index in [-0.39, 0.29) is 10.8 Å². The maximum atomic E-state index is 12.6. The Morgan fingerprint density at radius 2 is 1.87 bits per heavy atom. The number of halogens is 1. The molecule has 1 amide bonds. The average molecular weight is 395 g/mol. The number of amides is 1. The fourth-order valence-corrected chi connectivity index (χ4v) is 4.19. The molecule has 1 N–H and O–H groups in total. The predicted octanol–water partition coefficient (Wildman–Crippen LogP) is 3.16. The number of hydrogen-bond acceptors (Lipinski definition) is 3. The van der Waals surface area contributed by atoms with Gasteiger partial charge in [-0.05, 0) is 58.2 Å². The summed E-state index contributed by atoms with van der Waals surface area (Å²) < 4.78 is 28.4. The van der Waals surface area contributed by atoms with Gasteiger partial charge in [-0.3, -0.25) is 9.52 Å². The van der Waals surface area contributed by atoms with Gasteiger partial charge in [0.1, 0.15) is 0 Å². The minimum absolute atomic E-state index is 0.0412. The smallest absolute Gasteiger partial charge is 0.261 e. The minimum atomic E-state index is -3.68. The van der Waals surface area contributed by atoms with Crippen molar-refractivity contribution in [2.45, 2.75) is 17.7 Å². The molecule has 0 bridgehead atoms. The quantitative estimate of drug-likeness (QED) is 0.868. The predicted molar refractivity (Wildman–Crippen MR) is 93.1 cm³/mol. The molecule has 0 unspecified atom stereocenters. The van der Waals surface area contributed by atoms with E-state index in [0.29, 0.717) is 23.0 Å². The second-order valence-corrected chi connectivity index (χ2v) is 7.87. The van der Waals surface area contributed by atoms with Gasteiger partial charge in [-0.15, -0.1) is 0 Å². The highest BCUT2D eigenvalue weighted by Crippen LogP contribution is 2.30. The van der Waals surface area contributed by atoms with Gasteiger partial charge in [-0.25, -0.2) is 8.42 Å². The number of sulfonamides is 1. The molecule has 120 valence electrons. The fraction of sp³-hybridized carbons (Fsp3) is 0.188. The molecule has 3 rings (SSSR count). The molecule has 7 heteroatoms. The molecule has 23 heavy (non-hydrogen) atoms. The number of benzene rings is 2. The Hall–Kier alpha value is -1.86. The van der Waals surface area contributed by atoms with Crippen LogP contribution in [0.1, 0.15) is 12.0 Å². The number of nitrogens with zero attached hydrogens (tertiary/aromatic N) is 1. The first-order chi connectivity index (χ1) is 10.9. The van der Waals surface area contributed by atoms with E-state index in [2.05, 4.69) is 20.7 Å². The molecule has 0 aliphatic carbocycles. The second-order valence-electron chi connectivity index (χ2n) is 5.33. The third-order valence-corrected chi connectivity index (χ3v) is 5.88. The zero-order chi connectivity index (χ0) is 16.6. The van der Waals surface area contributed by atoms with Gasteiger partial charge in [0.25, 0.3) is 10.0 Å². The summed E-state index contributed by atoms with van der Waals surface area (Å²) in [6, 6.07) is 11.9. The van der Waals surface area contributed by atoms with Crippen LogP contribution >= 0.6 is 15.9 Å². The van der Waals surface area contributed by atoms with Gasteiger partial charge in [0, 0.05) is 23.6 Å². The molecule has 0 aromatic heterocycles. The van der Waals surface area contributed by atoms with Crippen LogP contribution in [0.25, 0.3) is 0 Å². The molecule has 0 atom stereocenters. The number of rotatable bonds is 3. The molecular weight excluding hydrogens is 380 g/mol. The number of carbonyl (C=O) groups excluding carboxylic acids is 1. The highest BCUT2D eigenvalue weighted by molar-refractivity contribution is 9.10. The SMILES string of the molecule is CN1C(=O)CCc2cc(S(=O)(=O)Nc3ccccc3Br)ccc21. The highest BCUT2D eigenvalue weighted by Gasteiger charge is 2.23. The van der Waals surface area contributed by atoms with E-state index in [9.17, 15) is 13.2 Å². The van der Waals surface area contributed by atoms with Crippen molar-refractivity contribution in [2.75, 3.05) is 16.7 Å². The molecule has 0 radical (unpaired) electrons. The number of carbonyl (C=O) groups is 1. The van der Waals surface area contributed by atoms with Gasteiger partial charge in [0.2, 0.25) is 5.91 Å². The molecular formula is C16H15BrN2O3S. The van der Waals surface area contributed by atoms with E-state index in [1.54, 1.807) is 42.3 Å². The Labute approximate surface area is 143 Å². The maximum Gasteiger partial charge on any atom is 0.261 e.